The summed E-state index contributed by atoms with van der Waals surface area (Å²) in [5.74, 6) is 0.470. The standard InChI is InChI=1S/C22H23NO5/c1-15-6-5-8-18(12-15)26-11-10-22(25)27-14-21(24)23-16(2)20-13-17-7-3-4-9-19(17)28-20/h3-9,12-13,16H,10-11,14H2,1-2H3,(H,23,24)/t16-/m0/s1. The third-order valence-electron chi connectivity index (χ3n) is 4.18. The van der Waals surface area contributed by atoms with Crippen LogP contribution in [0.1, 0.15) is 30.7 Å². The van der Waals surface area contributed by atoms with Crippen LogP contribution >= 0.6 is 0 Å². The Morgan fingerprint density at radius 3 is 2.71 bits per heavy atom. The number of nitrogens with one attached hydrogen (secondary N) is 1. The highest BCUT2D eigenvalue weighted by Crippen LogP contribution is 2.23. The molecule has 28 heavy (non-hydrogen) atoms. The summed E-state index contributed by atoms with van der Waals surface area (Å²) in [7, 11) is 0. The molecule has 6 heteroatoms. The van der Waals surface area contributed by atoms with Gasteiger partial charge in [-0.05, 0) is 43.7 Å². The average Bonchev–Trinajstić information content (AvgIpc) is 3.11. The van der Waals surface area contributed by atoms with Crippen LogP contribution in [0.2, 0.25) is 0 Å². The van der Waals surface area contributed by atoms with E-state index in [1.807, 2.05) is 68.4 Å². The molecular weight excluding hydrogens is 358 g/mol. The highest BCUT2D eigenvalue weighted by atomic mass is 16.5. The first kappa shape index (κ1) is 19.5. The van der Waals surface area contributed by atoms with E-state index in [4.69, 9.17) is 13.9 Å². The summed E-state index contributed by atoms with van der Waals surface area (Å²) < 4.78 is 16.2. The highest BCUT2D eigenvalue weighted by Gasteiger charge is 2.15. The number of rotatable bonds is 8. The molecule has 6 nitrogen and oxygen atoms in total. The first-order valence-electron chi connectivity index (χ1n) is 9.14. The van der Waals surface area contributed by atoms with Gasteiger partial charge in [0.25, 0.3) is 5.91 Å². The van der Waals surface area contributed by atoms with Gasteiger partial charge in [0.1, 0.15) is 17.1 Å². The second-order valence-corrected chi connectivity index (χ2v) is 6.55. The predicted molar refractivity (Wildman–Crippen MR) is 105 cm³/mol. The monoisotopic (exact) mass is 381 g/mol. The van der Waals surface area contributed by atoms with Crippen LogP contribution in [-0.2, 0) is 14.3 Å². The molecule has 0 bridgehead atoms. The van der Waals surface area contributed by atoms with Crippen LogP contribution in [0.4, 0.5) is 0 Å². The number of ether oxygens (including phenoxy) is 2. The van der Waals surface area contributed by atoms with Crippen molar-refractivity contribution in [2.45, 2.75) is 26.3 Å². The SMILES string of the molecule is Cc1cccc(OCCC(=O)OCC(=O)N[C@@H](C)c2cc3ccccc3o2)c1. The number of amides is 1. The van der Waals surface area contributed by atoms with Crippen molar-refractivity contribution in [3.8, 4) is 5.75 Å². The number of aryl methyl sites for hydroxylation is 1. The van der Waals surface area contributed by atoms with Crippen molar-refractivity contribution in [2.24, 2.45) is 0 Å². The lowest BCUT2D eigenvalue weighted by molar-refractivity contribution is -0.149. The average molecular weight is 381 g/mol. The lowest BCUT2D eigenvalue weighted by Gasteiger charge is -2.12. The Balaban J connectivity index is 1.39. The zero-order valence-electron chi connectivity index (χ0n) is 15.9. The normalized spacial score (nSPS) is 11.8. The molecule has 0 saturated heterocycles. The Morgan fingerprint density at radius 2 is 1.93 bits per heavy atom. The quantitative estimate of drug-likeness (QED) is 0.598. The van der Waals surface area contributed by atoms with E-state index in [2.05, 4.69) is 5.32 Å². The zero-order chi connectivity index (χ0) is 19.9. The van der Waals surface area contributed by atoms with Crippen LogP contribution in [0.25, 0.3) is 11.0 Å². The maximum atomic E-state index is 12.0. The molecule has 2 aromatic carbocycles. The van der Waals surface area contributed by atoms with E-state index < -0.39 is 5.97 Å². The molecule has 0 radical (unpaired) electrons. The van der Waals surface area contributed by atoms with Crippen LogP contribution in [-0.4, -0.2) is 25.1 Å². The van der Waals surface area contributed by atoms with E-state index in [1.165, 1.54) is 0 Å². The maximum absolute atomic E-state index is 12.0. The summed E-state index contributed by atoms with van der Waals surface area (Å²) >= 11 is 0. The smallest absolute Gasteiger partial charge is 0.309 e. The van der Waals surface area contributed by atoms with Gasteiger partial charge in [-0.1, -0.05) is 30.3 Å². The number of para-hydroxylation sites is 1. The lowest BCUT2D eigenvalue weighted by Crippen LogP contribution is -2.31. The van der Waals surface area contributed by atoms with E-state index >= 15 is 0 Å². The Labute approximate surface area is 163 Å². The van der Waals surface area contributed by atoms with Gasteiger partial charge in [0.15, 0.2) is 6.61 Å². The molecule has 1 heterocycles. The Kier molecular flexibility index (Phi) is 6.32. The number of fused-ring (bicyclic) bond motifs is 1. The van der Waals surface area contributed by atoms with Crippen molar-refractivity contribution in [1.82, 2.24) is 5.32 Å². The zero-order valence-corrected chi connectivity index (χ0v) is 15.9. The lowest BCUT2D eigenvalue weighted by atomic mass is 10.2. The molecule has 146 valence electrons. The first-order chi connectivity index (χ1) is 13.5. The number of hydrogen-bond acceptors (Lipinski definition) is 5. The predicted octanol–water partition coefficient (Wildman–Crippen LogP) is 3.93. The molecule has 0 unspecified atom stereocenters. The number of hydrogen-bond donors (Lipinski definition) is 1. The van der Waals surface area contributed by atoms with E-state index in [-0.39, 0.29) is 31.6 Å². The second-order valence-electron chi connectivity index (χ2n) is 6.55. The fraction of sp³-hybridized carbons (Fsp3) is 0.273. The minimum absolute atomic E-state index is 0.0698. The molecule has 1 N–H and O–H groups in total. The molecule has 1 amide bonds. The minimum atomic E-state index is -0.487. The molecule has 0 fully saturated rings. The largest absolute Gasteiger partial charge is 0.493 e. The van der Waals surface area contributed by atoms with Gasteiger partial charge in [-0.15, -0.1) is 0 Å². The Bertz CT molecular complexity index is 929. The van der Waals surface area contributed by atoms with Gasteiger partial charge in [0, 0.05) is 5.39 Å². The van der Waals surface area contributed by atoms with Crippen LogP contribution in [0.15, 0.2) is 59.0 Å². The third-order valence-corrected chi connectivity index (χ3v) is 4.18. The van der Waals surface area contributed by atoms with E-state index in [1.54, 1.807) is 0 Å². The van der Waals surface area contributed by atoms with Crippen molar-refractivity contribution in [3.05, 3.63) is 65.9 Å². The van der Waals surface area contributed by atoms with Gasteiger partial charge in [0.2, 0.25) is 0 Å². The Hall–Kier alpha value is -3.28. The third kappa shape index (κ3) is 5.36. The molecule has 3 rings (SSSR count). The molecule has 1 aromatic heterocycles. The fourth-order valence-electron chi connectivity index (χ4n) is 2.75. The summed E-state index contributed by atoms with van der Waals surface area (Å²) in [5, 5.41) is 3.73. The van der Waals surface area contributed by atoms with Crippen molar-refractivity contribution in [3.63, 3.8) is 0 Å². The van der Waals surface area contributed by atoms with Crippen molar-refractivity contribution in [2.75, 3.05) is 13.2 Å². The number of furan rings is 1. The first-order valence-corrected chi connectivity index (χ1v) is 9.14. The topological polar surface area (TPSA) is 77.8 Å². The van der Waals surface area contributed by atoms with Crippen molar-refractivity contribution >= 4 is 22.8 Å². The van der Waals surface area contributed by atoms with Crippen LogP contribution in [0.5, 0.6) is 5.75 Å². The highest BCUT2D eigenvalue weighted by molar-refractivity contribution is 5.81. The molecular formula is C22H23NO5. The fourth-order valence-corrected chi connectivity index (χ4v) is 2.75. The van der Waals surface area contributed by atoms with E-state index in [9.17, 15) is 9.59 Å². The van der Waals surface area contributed by atoms with Crippen molar-refractivity contribution in [1.29, 1.82) is 0 Å². The van der Waals surface area contributed by atoms with Crippen LogP contribution < -0.4 is 10.1 Å². The van der Waals surface area contributed by atoms with Crippen LogP contribution in [0, 0.1) is 6.92 Å². The van der Waals surface area contributed by atoms with Crippen molar-refractivity contribution < 1.29 is 23.5 Å². The summed E-state index contributed by atoms with van der Waals surface area (Å²) in [6, 6.07) is 16.7. The number of benzene rings is 2. The Morgan fingerprint density at radius 1 is 1.11 bits per heavy atom. The molecule has 0 saturated carbocycles. The van der Waals surface area contributed by atoms with Gasteiger partial charge in [-0.2, -0.15) is 0 Å². The van der Waals surface area contributed by atoms with Gasteiger partial charge < -0.3 is 19.2 Å². The second kappa shape index (κ2) is 9.08. The van der Waals surface area contributed by atoms with Gasteiger partial charge in [-0.25, -0.2) is 0 Å². The molecule has 0 aliphatic heterocycles. The van der Waals surface area contributed by atoms with E-state index in [0.717, 1.165) is 16.5 Å². The molecule has 0 spiro atoms. The van der Waals surface area contributed by atoms with E-state index in [0.29, 0.717) is 11.5 Å². The van der Waals surface area contributed by atoms with Gasteiger partial charge >= 0.3 is 5.97 Å². The number of carbonyl (C=O) groups is 2. The number of carbonyl (C=O) groups excluding carboxylic acids is 2. The van der Waals surface area contributed by atoms with Gasteiger partial charge in [-0.3, -0.25) is 9.59 Å². The summed E-state index contributed by atoms with van der Waals surface area (Å²) in [6.07, 6.45) is 0.0698. The molecule has 3 aromatic rings. The summed E-state index contributed by atoms with van der Waals surface area (Å²) in [4.78, 5) is 23.8. The number of esters is 1. The molecule has 1 atom stereocenters. The molecule has 0 aliphatic rings. The maximum Gasteiger partial charge on any atom is 0.309 e. The minimum Gasteiger partial charge on any atom is -0.493 e. The molecule has 0 aliphatic carbocycles. The summed E-state index contributed by atoms with van der Waals surface area (Å²) in [6.45, 7) is 3.63. The summed E-state index contributed by atoms with van der Waals surface area (Å²) in [5.41, 5.74) is 1.84. The van der Waals surface area contributed by atoms with Crippen LogP contribution in [0.3, 0.4) is 0 Å². The van der Waals surface area contributed by atoms with Gasteiger partial charge in [0.05, 0.1) is 19.1 Å².